The molecular weight excluding hydrogens is 452 g/mol. The molecule has 3 heterocycles. The van der Waals surface area contributed by atoms with Crippen LogP contribution >= 0.6 is 0 Å². The van der Waals surface area contributed by atoms with Crippen molar-refractivity contribution in [2.45, 2.75) is 68.9 Å². The molecule has 5 rings (SSSR count). The van der Waals surface area contributed by atoms with Crippen LogP contribution < -0.4 is 10.1 Å². The van der Waals surface area contributed by atoms with Gasteiger partial charge in [0.2, 0.25) is 15.9 Å². The maximum Gasteiger partial charge on any atom is 0.221 e. The minimum absolute atomic E-state index is 0.0604. The Morgan fingerprint density at radius 3 is 2.45 bits per heavy atom. The summed E-state index contributed by atoms with van der Waals surface area (Å²) in [7, 11) is -3.23. The van der Waals surface area contributed by atoms with Crippen LogP contribution in [0, 0.1) is 29.9 Å². The van der Waals surface area contributed by atoms with E-state index in [1.165, 1.54) is 6.33 Å². The van der Waals surface area contributed by atoms with Crippen molar-refractivity contribution < 1.29 is 21.9 Å². The lowest BCUT2D eigenvalue weighted by atomic mass is 10.0. The quantitative estimate of drug-likeness (QED) is 0.681. The number of anilines is 2. The van der Waals surface area contributed by atoms with Crippen LogP contribution in [0.2, 0.25) is 0 Å². The number of sulfonamides is 1. The smallest absolute Gasteiger partial charge is 0.221 e. The lowest BCUT2D eigenvalue weighted by molar-refractivity contribution is 0.0910. The Bertz CT molecular complexity index is 1230. The van der Waals surface area contributed by atoms with Gasteiger partial charge in [-0.15, -0.1) is 0 Å². The van der Waals surface area contributed by atoms with Crippen LogP contribution in [0.3, 0.4) is 0 Å². The van der Waals surface area contributed by atoms with Gasteiger partial charge in [0.25, 0.3) is 0 Å². The van der Waals surface area contributed by atoms with Gasteiger partial charge in [-0.3, -0.25) is 0 Å². The molecule has 11 heteroatoms. The molecule has 0 radical (unpaired) electrons. The van der Waals surface area contributed by atoms with Gasteiger partial charge in [-0.25, -0.2) is 27.2 Å². The Balaban J connectivity index is 1.32. The van der Waals surface area contributed by atoms with Gasteiger partial charge >= 0.3 is 0 Å². The number of fused-ring (bicyclic) bond motifs is 2. The fraction of sp³-hybridized carbons (Fsp3) is 0.500. The van der Waals surface area contributed by atoms with Crippen LogP contribution in [0.25, 0.3) is 0 Å². The number of ether oxygens (including phenoxy) is 1. The van der Waals surface area contributed by atoms with Crippen LogP contribution in [0.4, 0.5) is 20.3 Å². The SMILES string of the molecule is Cc1c(Nc2cc(F)c(C#N)cc2F)ncnc1OC1CC2CCC(C1)N2S(=O)(=O)C1CC1. The number of piperidine rings is 1. The summed E-state index contributed by atoms with van der Waals surface area (Å²) in [4.78, 5) is 8.31. The normalized spacial score (nSPS) is 25.0. The molecule has 8 nitrogen and oxygen atoms in total. The van der Waals surface area contributed by atoms with Crippen molar-refractivity contribution in [2.75, 3.05) is 5.32 Å². The average molecular weight is 476 g/mol. The number of benzene rings is 1. The van der Waals surface area contributed by atoms with E-state index in [9.17, 15) is 17.2 Å². The van der Waals surface area contributed by atoms with Crippen molar-refractivity contribution in [1.29, 1.82) is 5.26 Å². The molecule has 1 aromatic carbocycles. The highest BCUT2D eigenvalue weighted by molar-refractivity contribution is 7.90. The predicted octanol–water partition coefficient (Wildman–Crippen LogP) is 3.54. The number of nitriles is 1. The van der Waals surface area contributed by atoms with Crippen molar-refractivity contribution in [3.05, 3.63) is 41.2 Å². The second-order valence-electron chi connectivity index (χ2n) is 8.87. The first-order chi connectivity index (χ1) is 15.8. The summed E-state index contributed by atoms with van der Waals surface area (Å²) in [5, 5.41) is 11.4. The fourth-order valence-electron chi connectivity index (χ4n) is 4.83. The zero-order valence-corrected chi connectivity index (χ0v) is 18.8. The van der Waals surface area contributed by atoms with Crippen molar-refractivity contribution in [1.82, 2.24) is 14.3 Å². The molecule has 3 fully saturated rings. The summed E-state index contributed by atoms with van der Waals surface area (Å²) in [5.74, 6) is -1.06. The van der Waals surface area contributed by atoms with Gasteiger partial charge in [0.1, 0.15) is 36.0 Å². The number of aromatic nitrogens is 2. The first kappa shape index (κ1) is 22.0. The molecule has 1 saturated carbocycles. The highest BCUT2D eigenvalue weighted by Gasteiger charge is 2.52. The summed E-state index contributed by atoms with van der Waals surface area (Å²) in [6.45, 7) is 1.71. The molecule has 1 aromatic heterocycles. The Kier molecular flexibility index (Phi) is 5.45. The molecular formula is C22H23F2N5O3S. The van der Waals surface area contributed by atoms with Crippen molar-refractivity contribution in [2.24, 2.45) is 0 Å². The van der Waals surface area contributed by atoms with Gasteiger partial charge in [0.15, 0.2) is 0 Å². The molecule has 2 atom stereocenters. The number of hydrogen-bond donors (Lipinski definition) is 1. The zero-order valence-electron chi connectivity index (χ0n) is 18.0. The average Bonchev–Trinajstić information content (AvgIpc) is 3.59. The molecule has 2 aliphatic heterocycles. The molecule has 174 valence electrons. The Morgan fingerprint density at radius 1 is 1.12 bits per heavy atom. The third-order valence-electron chi connectivity index (χ3n) is 6.61. The first-order valence-electron chi connectivity index (χ1n) is 10.9. The van der Waals surface area contributed by atoms with Crippen LogP contribution in [0.15, 0.2) is 18.5 Å². The Labute approximate surface area is 190 Å². The summed E-state index contributed by atoms with van der Waals surface area (Å²) < 4.78 is 61.7. The second kappa shape index (κ2) is 8.18. The topological polar surface area (TPSA) is 108 Å². The Morgan fingerprint density at radius 2 is 1.82 bits per heavy atom. The van der Waals surface area contributed by atoms with Crippen molar-refractivity contribution in [3.63, 3.8) is 0 Å². The third-order valence-corrected chi connectivity index (χ3v) is 9.11. The number of nitrogens with zero attached hydrogens (tertiary/aromatic N) is 4. The third kappa shape index (κ3) is 4.02. The van der Waals surface area contributed by atoms with Gasteiger partial charge in [0.05, 0.1) is 22.1 Å². The first-order valence-corrected chi connectivity index (χ1v) is 12.4. The highest BCUT2D eigenvalue weighted by Crippen LogP contribution is 2.43. The number of halogens is 2. The lowest BCUT2D eigenvalue weighted by Crippen LogP contribution is -2.50. The maximum atomic E-state index is 14.3. The van der Waals surface area contributed by atoms with E-state index < -0.39 is 21.7 Å². The molecule has 2 aromatic rings. The van der Waals surface area contributed by atoms with E-state index in [0.29, 0.717) is 24.3 Å². The van der Waals surface area contributed by atoms with Gasteiger partial charge in [0, 0.05) is 31.0 Å². The lowest BCUT2D eigenvalue weighted by Gasteiger charge is -2.37. The number of nitrogens with one attached hydrogen (secondary N) is 1. The van der Waals surface area contributed by atoms with E-state index in [1.54, 1.807) is 17.3 Å². The molecule has 1 aliphatic carbocycles. The highest BCUT2D eigenvalue weighted by atomic mass is 32.2. The zero-order chi connectivity index (χ0) is 23.3. The minimum atomic E-state index is -3.23. The number of hydrogen-bond acceptors (Lipinski definition) is 7. The molecule has 3 aliphatic rings. The van der Waals surface area contributed by atoms with E-state index in [0.717, 1.165) is 37.8 Å². The van der Waals surface area contributed by atoms with E-state index in [1.807, 2.05) is 0 Å². The van der Waals surface area contributed by atoms with Gasteiger partial charge in [-0.05, 0) is 38.7 Å². The number of rotatable bonds is 6. The maximum absolute atomic E-state index is 14.3. The van der Waals surface area contributed by atoms with Crippen molar-refractivity contribution in [3.8, 4) is 11.9 Å². The molecule has 2 bridgehead atoms. The van der Waals surface area contributed by atoms with E-state index >= 15 is 0 Å². The van der Waals surface area contributed by atoms with Gasteiger partial charge < -0.3 is 10.1 Å². The fourth-order valence-corrected chi connectivity index (χ4v) is 7.12. The summed E-state index contributed by atoms with van der Waals surface area (Å²) in [6.07, 6.45) is 5.40. The summed E-state index contributed by atoms with van der Waals surface area (Å²) >= 11 is 0. The monoisotopic (exact) mass is 475 g/mol. The van der Waals surface area contributed by atoms with Crippen LogP contribution in [0.1, 0.15) is 49.7 Å². The van der Waals surface area contributed by atoms with E-state index in [4.69, 9.17) is 10.00 Å². The predicted molar refractivity (Wildman–Crippen MR) is 115 cm³/mol. The van der Waals surface area contributed by atoms with Crippen LogP contribution in [-0.4, -0.2) is 46.1 Å². The molecule has 2 unspecified atom stereocenters. The van der Waals surface area contributed by atoms with Crippen LogP contribution in [-0.2, 0) is 10.0 Å². The van der Waals surface area contributed by atoms with Gasteiger partial charge in [-0.1, -0.05) is 0 Å². The second-order valence-corrected chi connectivity index (χ2v) is 11.0. The molecule has 2 saturated heterocycles. The standard InChI is InChI=1S/C22H23F2N5O3S/c1-12-21(28-20-9-18(23)13(10-25)6-19(20)24)26-11-27-22(12)32-16-7-14-2-3-15(8-16)29(14)33(30,31)17-4-5-17/h6,9,11,14-17H,2-5,7-8H2,1H3,(H,26,27,28). The van der Waals surface area contributed by atoms with Gasteiger partial charge in [-0.2, -0.15) is 9.57 Å². The minimum Gasteiger partial charge on any atom is -0.474 e. The molecule has 0 amide bonds. The van der Waals surface area contributed by atoms with E-state index in [-0.39, 0.29) is 40.5 Å². The largest absolute Gasteiger partial charge is 0.474 e. The van der Waals surface area contributed by atoms with Crippen LogP contribution in [0.5, 0.6) is 5.88 Å². The molecule has 1 N–H and O–H groups in total. The van der Waals surface area contributed by atoms with Crippen molar-refractivity contribution >= 4 is 21.5 Å². The van der Waals surface area contributed by atoms with E-state index in [2.05, 4.69) is 15.3 Å². The summed E-state index contributed by atoms with van der Waals surface area (Å²) in [6, 6.07) is 3.21. The Hall–Kier alpha value is -2.84. The summed E-state index contributed by atoms with van der Waals surface area (Å²) in [5.41, 5.74) is -0.0240. The molecule has 33 heavy (non-hydrogen) atoms. The molecule has 0 spiro atoms.